The second-order valence-corrected chi connectivity index (χ2v) is 6.95. The Kier molecular flexibility index (Phi) is 6.73. The number of nitrogens with one attached hydrogen (secondary N) is 1. The van der Waals surface area contributed by atoms with Crippen LogP contribution in [0.4, 0.5) is 8.78 Å². The van der Waals surface area contributed by atoms with E-state index in [1.807, 2.05) is 36.6 Å². The van der Waals surface area contributed by atoms with Crippen molar-refractivity contribution in [3.63, 3.8) is 0 Å². The first-order valence-electron chi connectivity index (χ1n) is 8.51. The molecule has 0 radical (unpaired) electrons. The van der Waals surface area contributed by atoms with E-state index < -0.39 is 11.6 Å². The normalized spacial score (nSPS) is 10.8. The lowest BCUT2D eigenvalue weighted by Gasteiger charge is -2.09. The number of benzene rings is 2. The minimum Gasteiger partial charge on any atom is -0.489 e. The molecular formula is C20H20F2N2O2S. The Morgan fingerprint density at radius 3 is 2.59 bits per heavy atom. The third-order valence-electron chi connectivity index (χ3n) is 3.74. The van der Waals surface area contributed by atoms with Gasteiger partial charge in [0.2, 0.25) is 0 Å². The molecule has 7 heteroatoms. The van der Waals surface area contributed by atoms with E-state index >= 15 is 0 Å². The van der Waals surface area contributed by atoms with Crippen molar-refractivity contribution in [1.82, 2.24) is 10.3 Å². The van der Waals surface area contributed by atoms with Gasteiger partial charge in [-0.2, -0.15) is 0 Å². The van der Waals surface area contributed by atoms with E-state index in [2.05, 4.69) is 10.3 Å². The van der Waals surface area contributed by atoms with Gasteiger partial charge < -0.3 is 14.8 Å². The van der Waals surface area contributed by atoms with Gasteiger partial charge in [0, 0.05) is 24.5 Å². The summed E-state index contributed by atoms with van der Waals surface area (Å²) in [6.07, 6.45) is 0. The molecule has 4 nitrogen and oxygen atoms in total. The summed E-state index contributed by atoms with van der Waals surface area (Å²) < 4.78 is 37.3. The first-order valence-corrected chi connectivity index (χ1v) is 9.39. The topological polar surface area (TPSA) is 43.4 Å². The Balaban J connectivity index is 1.36. The van der Waals surface area contributed by atoms with Crippen molar-refractivity contribution >= 4 is 11.3 Å². The van der Waals surface area contributed by atoms with Crippen LogP contribution >= 0.6 is 11.3 Å². The standard InChI is InChI=1S/C20H20F2N2O2S/c1-14-24-17(13-27-14)12-26-18-5-2-15(3-6-18)11-23-8-9-25-20-7-4-16(21)10-19(20)22/h2-7,10,13,23H,8-9,11-12H2,1H3. The number of thiazole rings is 1. The van der Waals surface area contributed by atoms with Gasteiger partial charge in [0.25, 0.3) is 0 Å². The van der Waals surface area contributed by atoms with Crippen LogP contribution in [0.15, 0.2) is 47.8 Å². The molecule has 0 aliphatic carbocycles. The molecule has 0 spiro atoms. The van der Waals surface area contributed by atoms with E-state index in [-0.39, 0.29) is 12.4 Å². The summed E-state index contributed by atoms with van der Waals surface area (Å²) >= 11 is 1.61. The summed E-state index contributed by atoms with van der Waals surface area (Å²) in [7, 11) is 0. The molecule has 142 valence electrons. The zero-order valence-electron chi connectivity index (χ0n) is 14.9. The molecule has 0 aliphatic heterocycles. The SMILES string of the molecule is Cc1nc(COc2ccc(CNCCOc3ccc(F)cc3F)cc2)cs1. The molecule has 0 saturated heterocycles. The van der Waals surface area contributed by atoms with Gasteiger partial charge in [0.1, 0.15) is 24.8 Å². The molecule has 0 unspecified atom stereocenters. The van der Waals surface area contributed by atoms with Crippen molar-refractivity contribution in [2.75, 3.05) is 13.2 Å². The first kappa shape index (κ1) is 19.3. The quantitative estimate of drug-likeness (QED) is 0.547. The van der Waals surface area contributed by atoms with Gasteiger partial charge in [0.15, 0.2) is 11.6 Å². The molecule has 0 aliphatic rings. The zero-order valence-corrected chi connectivity index (χ0v) is 15.7. The second-order valence-electron chi connectivity index (χ2n) is 5.89. The molecule has 27 heavy (non-hydrogen) atoms. The van der Waals surface area contributed by atoms with Crippen LogP contribution in [-0.4, -0.2) is 18.1 Å². The molecule has 1 heterocycles. The molecule has 0 saturated carbocycles. The van der Waals surface area contributed by atoms with Crippen LogP contribution in [0.1, 0.15) is 16.3 Å². The van der Waals surface area contributed by atoms with Gasteiger partial charge in [-0.25, -0.2) is 13.8 Å². The number of rotatable bonds is 9. The van der Waals surface area contributed by atoms with Gasteiger partial charge in [-0.1, -0.05) is 12.1 Å². The largest absolute Gasteiger partial charge is 0.489 e. The third kappa shape index (κ3) is 6.01. The first-order chi connectivity index (χ1) is 13.1. The van der Waals surface area contributed by atoms with Crippen LogP contribution in [0, 0.1) is 18.6 Å². The lowest BCUT2D eigenvalue weighted by atomic mass is 10.2. The van der Waals surface area contributed by atoms with Gasteiger partial charge in [-0.15, -0.1) is 11.3 Å². The second kappa shape index (κ2) is 9.43. The van der Waals surface area contributed by atoms with Crippen LogP contribution in [-0.2, 0) is 13.2 Å². The fourth-order valence-corrected chi connectivity index (χ4v) is 2.99. The number of ether oxygens (including phenoxy) is 2. The third-order valence-corrected chi connectivity index (χ3v) is 4.56. The molecule has 3 aromatic rings. The number of aryl methyl sites for hydroxylation is 1. The highest BCUT2D eigenvalue weighted by molar-refractivity contribution is 7.09. The van der Waals surface area contributed by atoms with Crippen LogP contribution < -0.4 is 14.8 Å². The summed E-state index contributed by atoms with van der Waals surface area (Å²) in [5.74, 6) is -0.472. The Morgan fingerprint density at radius 2 is 1.89 bits per heavy atom. The van der Waals surface area contributed by atoms with Crippen LogP contribution in [0.3, 0.4) is 0 Å². The number of nitrogens with zero attached hydrogens (tertiary/aromatic N) is 1. The van der Waals surface area contributed by atoms with Crippen LogP contribution in [0.2, 0.25) is 0 Å². The maximum atomic E-state index is 13.4. The molecule has 2 aromatic carbocycles. The fourth-order valence-electron chi connectivity index (χ4n) is 2.39. The van der Waals surface area contributed by atoms with Gasteiger partial charge in [0.05, 0.1) is 10.7 Å². The van der Waals surface area contributed by atoms with Crippen molar-refractivity contribution < 1.29 is 18.3 Å². The maximum Gasteiger partial charge on any atom is 0.167 e. The fraction of sp³-hybridized carbons (Fsp3) is 0.250. The van der Waals surface area contributed by atoms with Crippen molar-refractivity contribution in [2.45, 2.75) is 20.1 Å². The highest BCUT2D eigenvalue weighted by Crippen LogP contribution is 2.17. The zero-order chi connectivity index (χ0) is 19.1. The van der Waals surface area contributed by atoms with E-state index in [1.165, 1.54) is 12.1 Å². The Morgan fingerprint density at radius 1 is 1.07 bits per heavy atom. The highest BCUT2D eigenvalue weighted by Gasteiger charge is 2.04. The summed E-state index contributed by atoms with van der Waals surface area (Å²) in [5.41, 5.74) is 2.03. The molecule has 0 bridgehead atoms. The maximum absolute atomic E-state index is 13.4. The van der Waals surface area contributed by atoms with Gasteiger partial charge in [-0.3, -0.25) is 0 Å². The molecule has 0 amide bonds. The molecule has 3 rings (SSSR count). The minimum absolute atomic E-state index is 0.0509. The monoisotopic (exact) mass is 390 g/mol. The van der Waals surface area contributed by atoms with Crippen molar-refractivity contribution in [3.8, 4) is 11.5 Å². The summed E-state index contributed by atoms with van der Waals surface area (Å²) in [6, 6.07) is 11.1. The summed E-state index contributed by atoms with van der Waals surface area (Å²) in [5, 5.41) is 6.23. The van der Waals surface area contributed by atoms with Crippen LogP contribution in [0.25, 0.3) is 0 Å². The van der Waals surface area contributed by atoms with Crippen molar-refractivity contribution in [1.29, 1.82) is 0 Å². The van der Waals surface area contributed by atoms with Gasteiger partial charge >= 0.3 is 0 Å². The number of halogens is 2. The predicted molar refractivity (Wildman–Crippen MR) is 101 cm³/mol. The molecule has 0 atom stereocenters. The summed E-state index contributed by atoms with van der Waals surface area (Å²) in [4.78, 5) is 4.36. The smallest absolute Gasteiger partial charge is 0.167 e. The lowest BCUT2D eigenvalue weighted by Crippen LogP contribution is -2.20. The predicted octanol–water partition coefficient (Wildman–Crippen LogP) is 4.48. The molecule has 1 aromatic heterocycles. The molecule has 0 fully saturated rings. The minimum atomic E-state index is -0.696. The van der Waals surface area contributed by atoms with Crippen LogP contribution in [0.5, 0.6) is 11.5 Å². The number of hydrogen-bond acceptors (Lipinski definition) is 5. The van der Waals surface area contributed by atoms with Crippen molar-refractivity contribution in [3.05, 3.63) is 75.7 Å². The highest BCUT2D eigenvalue weighted by atomic mass is 32.1. The average molecular weight is 390 g/mol. The Labute approximate surface area is 160 Å². The Hall–Kier alpha value is -2.51. The number of hydrogen-bond donors (Lipinski definition) is 1. The van der Waals surface area contributed by atoms with E-state index in [4.69, 9.17) is 9.47 Å². The Bertz CT molecular complexity index is 869. The van der Waals surface area contributed by atoms with E-state index in [1.54, 1.807) is 11.3 Å². The molecular weight excluding hydrogens is 370 g/mol. The number of aromatic nitrogens is 1. The summed E-state index contributed by atoms with van der Waals surface area (Å²) in [6.45, 7) is 3.91. The average Bonchev–Trinajstić information content (AvgIpc) is 3.07. The van der Waals surface area contributed by atoms with Crippen molar-refractivity contribution in [2.24, 2.45) is 0 Å². The van der Waals surface area contributed by atoms with E-state index in [9.17, 15) is 8.78 Å². The van der Waals surface area contributed by atoms with Gasteiger partial charge in [-0.05, 0) is 36.8 Å². The van der Waals surface area contributed by atoms with E-state index in [0.717, 1.165) is 28.1 Å². The lowest BCUT2D eigenvalue weighted by molar-refractivity contribution is 0.297. The molecule has 1 N–H and O–H groups in total. The van der Waals surface area contributed by atoms with E-state index in [0.29, 0.717) is 19.7 Å².